The van der Waals surface area contributed by atoms with E-state index < -0.39 is 43.5 Å². The van der Waals surface area contributed by atoms with E-state index in [9.17, 15) is 5.11 Å². The van der Waals surface area contributed by atoms with Gasteiger partial charge >= 0.3 is 7.87 Å². The first-order valence-corrected chi connectivity index (χ1v) is 39.3. The standard InChI is InChI=1S/C48H96N16P5.C4H9O/c1-2-26-53(25-1)66(54-27-3-4-28-54,55-29-5-6-30-55)49-65(50-67(56-31-7-8-32-56,57-33-9-10-34-57)58-35-11-12-36-58,51-68(59-37-13-14-38-59,60-39-15-16-40-60)61-41-17-18-42-61)52-69(62-43-19-20-44-62,63-45-21-22-46-63)64-47-23-24-48-64;1-4(2,3)5/h1-48H2;1-3H3/q+1;-1. The molecular weight excluding hydrogens is 1020 g/mol. The highest BCUT2D eigenvalue weighted by Gasteiger charge is 2.63. The fraction of sp³-hybridized carbons (Fsp3) is 1.00. The molecule has 0 unspecified atom stereocenters. The molecule has 12 heterocycles. The van der Waals surface area contributed by atoms with E-state index >= 15 is 0 Å². The molecule has 0 bridgehead atoms. The summed E-state index contributed by atoms with van der Waals surface area (Å²) in [6, 6.07) is 0. The summed E-state index contributed by atoms with van der Waals surface area (Å²) in [5.41, 5.74) is -0.750. The average Bonchev–Trinajstić information content (AvgIpc) is 4.23. The minimum absolute atomic E-state index is 0.750. The third-order valence-corrected chi connectivity index (χ3v) is 40.1. The molecule has 12 aliphatic rings. The van der Waals surface area contributed by atoms with Crippen molar-refractivity contribution in [3.63, 3.8) is 0 Å². The Labute approximate surface area is 452 Å². The van der Waals surface area contributed by atoms with E-state index in [4.69, 9.17) is 18.1 Å². The zero-order chi connectivity index (χ0) is 50.7. The Kier molecular flexibility index (Phi) is 19.2. The van der Waals surface area contributed by atoms with Gasteiger partial charge in [-0.25, -0.2) is 56.0 Å². The summed E-state index contributed by atoms with van der Waals surface area (Å²) >= 11 is 0. The van der Waals surface area contributed by atoms with Crippen LogP contribution < -0.4 is 5.11 Å². The molecule has 424 valence electrons. The first kappa shape index (κ1) is 56.7. The predicted molar refractivity (Wildman–Crippen MR) is 314 cm³/mol. The summed E-state index contributed by atoms with van der Waals surface area (Å²) < 4.78 is 66.4. The Balaban J connectivity index is 0.00000112. The highest BCUT2D eigenvalue weighted by molar-refractivity contribution is 7.88. The Morgan fingerprint density at radius 1 is 0.230 bits per heavy atom. The zero-order valence-corrected chi connectivity index (χ0v) is 51.7. The Hall–Kier alpha value is 0.830. The molecule has 0 N–H and O–H groups in total. The van der Waals surface area contributed by atoms with Crippen LogP contribution in [0.1, 0.15) is 175 Å². The highest BCUT2D eigenvalue weighted by atomic mass is 31.3. The van der Waals surface area contributed by atoms with E-state index in [0.29, 0.717) is 0 Å². The molecule has 0 atom stereocenters. The van der Waals surface area contributed by atoms with Crippen LogP contribution in [0.4, 0.5) is 0 Å². The van der Waals surface area contributed by atoms with Crippen LogP contribution in [-0.4, -0.2) is 219 Å². The number of hydrogen-bond acceptors (Lipinski definition) is 5. The number of rotatable bonds is 16. The van der Waals surface area contributed by atoms with Crippen molar-refractivity contribution in [2.24, 2.45) is 18.1 Å². The largest absolute Gasteiger partial charge is 0.850 e. The van der Waals surface area contributed by atoms with E-state index in [1.54, 1.807) is 20.8 Å². The van der Waals surface area contributed by atoms with Crippen molar-refractivity contribution >= 4 is 37.9 Å². The van der Waals surface area contributed by atoms with E-state index in [1.807, 2.05) is 0 Å². The molecule has 17 nitrogen and oxygen atoms in total. The van der Waals surface area contributed by atoms with Gasteiger partial charge in [0.05, 0.1) is 0 Å². The molecule has 0 spiro atoms. The lowest BCUT2D eigenvalue weighted by Crippen LogP contribution is -2.40. The molecule has 0 saturated carbocycles. The van der Waals surface area contributed by atoms with E-state index in [-0.39, 0.29) is 0 Å². The highest BCUT2D eigenvalue weighted by Crippen LogP contribution is 2.89. The molecule has 0 radical (unpaired) electrons. The Morgan fingerprint density at radius 2 is 0.311 bits per heavy atom. The fourth-order valence-electron chi connectivity index (χ4n) is 15.2. The van der Waals surface area contributed by atoms with Crippen LogP contribution in [-0.2, 0) is 0 Å². The van der Waals surface area contributed by atoms with Crippen LogP contribution in [0.25, 0.3) is 0 Å². The lowest BCUT2D eigenvalue weighted by Gasteiger charge is -2.48. The van der Waals surface area contributed by atoms with Gasteiger partial charge in [-0.2, -0.15) is 0 Å². The summed E-state index contributed by atoms with van der Waals surface area (Å²) in [5, 5.41) is 10.1. The van der Waals surface area contributed by atoms with E-state index in [1.165, 1.54) is 311 Å². The van der Waals surface area contributed by atoms with Gasteiger partial charge in [-0.1, -0.05) is 20.8 Å². The van der Waals surface area contributed by atoms with Crippen molar-refractivity contribution in [2.45, 2.75) is 180 Å². The van der Waals surface area contributed by atoms with Crippen molar-refractivity contribution in [1.29, 1.82) is 0 Å². The van der Waals surface area contributed by atoms with Gasteiger partial charge in [0, 0.05) is 157 Å². The van der Waals surface area contributed by atoms with Gasteiger partial charge in [-0.15, -0.1) is 5.60 Å². The van der Waals surface area contributed by atoms with Crippen LogP contribution in [0.15, 0.2) is 18.1 Å². The van der Waals surface area contributed by atoms with Gasteiger partial charge in [-0.05, 0) is 172 Å². The van der Waals surface area contributed by atoms with Gasteiger partial charge in [0.15, 0.2) is 0 Å². The van der Waals surface area contributed by atoms with Gasteiger partial charge in [0.2, 0.25) is 30.0 Å². The molecule has 12 saturated heterocycles. The molecule has 0 aromatic rings. The number of hydrogen-bond donors (Lipinski definition) is 0. The topological polar surface area (TPSA) is 111 Å². The smallest absolute Gasteiger partial charge is 0.502 e. The minimum atomic E-state index is -3.41. The van der Waals surface area contributed by atoms with Gasteiger partial charge < -0.3 is 5.11 Å². The van der Waals surface area contributed by atoms with Crippen molar-refractivity contribution in [3.8, 4) is 0 Å². The zero-order valence-electron chi connectivity index (χ0n) is 47.2. The quantitative estimate of drug-likeness (QED) is 0.137. The maximum Gasteiger partial charge on any atom is 0.502 e. The first-order valence-electron chi connectivity index (χ1n) is 31.3. The summed E-state index contributed by atoms with van der Waals surface area (Å²) in [5.74, 6) is 0. The lowest BCUT2D eigenvalue weighted by atomic mass is 10.2. The van der Waals surface area contributed by atoms with Crippen molar-refractivity contribution in [3.05, 3.63) is 0 Å². The Bertz CT molecular complexity index is 1560. The van der Waals surface area contributed by atoms with Crippen LogP contribution in [0, 0.1) is 0 Å². The second-order valence-electron chi connectivity index (χ2n) is 25.1. The third kappa shape index (κ3) is 11.5. The summed E-state index contributed by atoms with van der Waals surface area (Å²) in [6.45, 7) is 33.0. The third-order valence-electron chi connectivity index (χ3n) is 18.5. The maximum absolute atomic E-state index is 10.1. The van der Waals surface area contributed by atoms with E-state index in [2.05, 4.69) is 56.0 Å². The molecule has 0 aliphatic carbocycles. The predicted octanol–water partition coefficient (Wildman–Crippen LogP) is 11.7. The fourth-order valence-corrected chi connectivity index (χ4v) is 42.7. The van der Waals surface area contributed by atoms with Crippen molar-refractivity contribution in [1.82, 2.24) is 56.0 Å². The van der Waals surface area contributed by atoms with E-state index in [0.717, 1.165) is 0 Å². The monoisotopic (exact) mass is 1120 g/mol. The number of nitrogens with zero attached hydrogens (tertiary/aromatic N) is 16. The molecule has 22 heteroatoms. The van der Waals surface area contributed by atoms with Crippen molar-refractivity contribution < 1.29 is 5.11 Å². The van der Waals surface area contributed by atoms with Crippen molar-refractivity contribution in [2.75, 3.05) is 157 Å². The summed E-state index contributed by atoms with van der Waals surface area (Å²) in [7, 11) is -13.5. The molecule has 74 heavy (non-hydrogen) atoms. The van der Waals surface area contributed by atoms with Gasteiger partial charge in [-0.3, -0.25) is 0 Å². The SMILES string of the molecule is C1CCN(P(=N[P+](N=P(N2CCCC2)(N2CCCC2)N2CCCC2)(N=P(N2CCCC2)(N2CCCC2)N2CCCC2)N=P(N2CCCC2)(N2CCCC2)N2CCCC2)(N2CCCC2)N2CCCC2)C1.CC(C)(C)[O-]. The van der Waals surface area contributed by atoms with Crippen LogP contribution in [0.3, 0.4) is 0 Å². The molecule has 12 aliphatic heterocycles. The molecule has 0 amide bonds. The molecular formula is C52H105N16OP5. The second kappa shape index (κ2) is 25.1. The van der Waals surface area contributed by atoms with Crippen LogP contribution >= 0.6 is 37.9 Å². The summed E-state index contributed by atoms with van der Waals surface area (Å²) in [4.78, 5) is 0. The molecule has 12 fully saturated rings. The van der Waals surface area contributed by atoms with Gasteiger partial charge in [0.25, 0.3) is 0 Å². The first-order chi connectivity index (χ1) is 36.1. The van der Waals surface area contributed by atoms with Crippen LogP contribution in [0.5, 0.6) is 0 Å². The normalized spacial score (nSPS) is 28.8. The maximum atomic E-state index is 10.1. The second-order valence-corrected chi connectivity index (χ2v) is 40.1. The van der Waals surface area contributed by atoms with Gasteiger partial charge in [0.1, 0.15) is 0 Å². The lowest BCUT2D eigenvalue weighted by molar-refractivity contribution is -0.458. The molecule has 12 rings (SSSR count). The minimum Gasteiger partial charge on any atom is -0.850 e. The average molecular weight is 1130 g/mol. The summed E-state index contributed by atoms with van der Waals surface area (Å²) in [6.07, 6.45) is 31.0. The molecule has 0 aromatic heterocycles. The molecule has 0 aromatic carbocycles. The van der Waals surface area contributed by atoms with Crippen LogP contribution in [0.2, 0.25) is 0 Å². The Morgan fingerprint density at radius 3 is 0.392 bits per heavy atom.